The lowest BCUT2D eigenvalue weighted by Gasteiger charge is -2.26. The molecule has 0 saturated carbocycles. The number of amides is 1. The average molecular weight is 267 g/mol. The number of hydrogen-bond acceptors (Lipinski definition) is 3. The van der Waals surface area contributed by atoms with Crippen molar-refractivity contribution in [1.29, 1.82) is 0 Å². The van der Waals surface area contributed by atoms with Gasteiger partial charge in [0, 0.05) is 4.75 Å². The normalized spacial score (nSPS) is 12.8. The van der Waals surface area contributed by atoms with Crippen LogP contribution < -0.4 is 5.32 Å². The largest absolute Gasteiger partial charge is 0.480 e. The molecule has 0 fully saturated rings. The van der Waals surface area contributed by atoms with Gasteiger partial charge in [-0.25, -0.2) is 4.79 Å². The van der Waals surface area contributed by atoms with Crippen molar-refractivity contribution in [2.45, 2.75) is 31.1 Å². The maximum absolute atomic E-state index is 11.8. The highest BCUT2D eigenvalue weighted by Crippen LogP contribution is 2.18. The van der Waals surface area contributed by atoms with Crippen molar-refractivity contribution < 1.29 is 14.7 Å². The molecule has 1 aromatic carbocycles. The van der Waals surface area contributed by atoms with Crippen LogP contribution >= 0.6 is 12.6 Å². The molecule has 0 aliphatic rings. The van der Waals surface area contributed by atoms with Crippen molar-refractivity contribution >= 4 is 24.5 Å². The van der Waals surface area contributed by atoms with Crippen molar-refractivity contribution in [3.63, 3.8) is 0 Å². The van der Waals surface area contributed by atoms with Crippen molar-refractivity contribution in [3.8, 4) is 0 Å². The Morgan fingerprint density at radius 2 is 1.89 bits per heavy atom. The number of benzene rings is 1. The molecule has 98 valence electrons. The van der Waals surface area contributed by atoms with Gasteiger partial charge in [0.05, 0.1) is 6.42 Å². The third kappa shape index (κ3) is 4.41. The second-order valence-corrected chi connectivity index (χ2v) is 5.81. The average Bonchev–Trinajstić information content (AvgIpc) is 2.25. The summed E-state index contributed by atoms with van der Waals surface area (Å²) in [4.78, 5) is 22.8. The van der Waals surface area contributed by atoms with Crippen LogP contribution in [-0.4, -0.2) is 27.8 Å². The fourth-order valence-electron chi connectivity index (χ4n) is 1.53. The summed E-state index contributed by atoms with van der Waals surface area (Å²) < 4.78 is -0.821. The molecule has 0 radical (unpaired) electrons. The van der Waals surface area contributed by atoms with E-state index < -0.39 is 16.8 Å². The van der Waals surface area contributed by atoms with E-state index >= 15 is 0 Å². The van der Waals surface area contributed by atoms with Crippen LogP contribution in [-0.2, 0) is 16.0 Å². The Morgan fingerprint density at radius 1 is 1.33 bits per heavy atom. The number of rotatable bonds is 5. The van der Waals surface area contributed by atoms with Crippen LogP contribution in [0.5, 0.6) is 0 Å². The highest BCUT2D eigenvalue weighted by atomic mass is 32.1. The van der Waals surface area contributed by atoms with Crippen LogP contribution in [0.2, 0.25) is 0 Å². The van der Waals surface area contributed by atoms with Gasteiger partial charge < -0.3 is 10.4 Å². The van der Waals surface area contributed by atoms with Crippen molar-refractivity contribution in [2.24, 2.45) is 0 Å². The molecule has 2 N–H and O–H groups in total. The predicted molar refractivity (Wildman–Crippen MR) is 72.8 cm³/mol. The number of thiol groups is 1. The van der Waals surface area contributed by atoms with Gasteiger partial charge in [-0.15, -0.1) is 0 Å². The first-order valence-corrected chi connectivity index (χ1v) is 6.04. The lowest BCUT2D eigenvalue weighted by Crippen LogP contribution is -2.51. The van der Waals surface area contributed by atoms with Gasteiger partial charge in [-0.2, -0.15) is 12.6 Å². The number of hydrogen-bond donors (Lipinski definition) is 3. The van der Waals surface area contributed by atoms with Gasteiger partial charge in [-0.05, 0) is 19.4 Å². The summed E-state index contributed by atoms with van der Waals surface area (Å²) >= 11 is 4.19. The van der Waals surface area contributed by atoms with E-state index in [2.05, 4.69) is 17.9 Å². The van der Waals surface area contributed by atoms with Crippen molar-refractivity contribution in [2.75, 3.05) is 0 Å². The molecule has 18 heavy (non-hydrogen) atoms. The molecule has 0 bridgehead atoms. The molecule has 4 nitrogen and oxygen atoms in total. The van der Waals surface area contributed by atoms with E-state index in [1.165, 1.54) is 0 Å². The fourth-order valence-corrected chi connectivity index (χ4v) is 1.71. The van der Waals surface area contributed by atoms with Gasteiger partial charge in [0.1, 0.15) is 6.04 Å². The number of carbonyl (C=O) groups is 2. The smallest absolute Gasteiger partial charge is 0.327 e. The SMILES string of the molecule is CC(C)(S)C(NC(=O)Cc1ccccc1)C(=O)O. The van der Waals surface area contributed by atoms with Crippen molar-refractivity contribution in [1.82, 2.24) is 5.32 Å². The summed E-state index contributed by atoms with van der Waals surface area (Å²) in [6, 6.07) is 8.15. The maximum Gasteiger partial charge on any atom is 0.327 e. The molecule has 0 spiro atoms. The zero-order chi connectivity index (χ0) is 13.8. The molecule has 1 aromatic rings. The van der Waals surface area contributed by atoms with E-state index in [0.29, 0.717) is 0 Å². The highest BCUT2D eigenvalue weighted by Gasteiger charge is 2.33. The second kappa shape index (κ2) is 5.91. The molecular formula is C13H17NO3S. The molecule has 5 heteroatoms. The van der Waals surface area contributed by atoms with Crippen molar-refractivity contribution in [3.05, 3.63) is 35.9 Å². The zero-order valence-electron chi connectivity index (χ0n) is 10.4. The Bertz CT molecular complexity index is 426. The van der Waals surface area contributed by atoms with Gasteiger partial charge in [0.15, 0.2) is 0 Å². The third-order valence-corrected chi connectivity index (χ3v) is 2.72. The monoisotopic (exact) mass is 267 g/mol. The first kappa shape index (κ1) is 14.6. The van der Waals surface area contributed by atoms with Crippen LogP contribution in [0.25, 0.3) is 0 Å². The Kier molecular flexibility index (Phi) is 4.78. The summed E-state index contributed by atoms with van der Waals surface area (Å²) in [7, 11) is 0. The van der Waals surface area contributed by atoms with Crippen LogP contribution in [0.1, 0.15) is 19.4 Å². The van der Waals surface area contributed by atoms with Crippen LogP contribution in [0.3, 0.4) is 0 Å². The number of nitrogens with one attached hydrogen (secondary N) is 1. The lowest BCUT2D eigenvalue weighted by molar-refractivity contribution is -0.142. The Morgan fingerprint density at radius 3 is 2.33 bits per heavy atom. The zero-order valence-corrected chi connectivity index (χ0v) is 11.3. The summed E-state index contributed by atoms with van der Waals surface area (Å²) in [6.07, 6.45) is 0.161. The molecule has 0 aliphatic carbocycles. The van der Waals surface area contributed by atoms with E-state index in [-0.39, 0.29) is 12.3 Å². The summed E-state index contributed by atoms with van der Waals surface area (Å²) in [5.74, 6) is -1.41. The Balaban J connectivity index is 2.66. The second-order valence-electron chi connectivity index (χ2n) is 4.65. The first-order valence-electron chi connectivity index (χ1n) is 5.59. The molecule has 1 unspecified atom stereocenters. The van der Waals surface area contributed by atoms with Gasteiger partial charge in [-0.1, -0.05) is 30.3 Å². The summed E-state index contributed by atoms with van der Waals surface area (Å²) in [5.41, 5.74) is 0.844. The minimum Gasteiger partial charge on any atom is -0.480 e. The van der Waals surface area contributed by atoms with Gasteiger partial charge in [0.2, 0.25) is 5.91 Å². The molecule has 0 aromatic heterocycles. The number of aliphatic carboxylic acids is 1. The van der Waals surface area contributed by atoms with Gasteiger partial charge in [-0.3, -0.25) is 4.79 Å². The van der Waals surface area contributed by atoms with E-state index in [4.69, 9.17) is 5.11 Å². The topological polar surface area (TPSA) is 66.4 Å². The fraction of sp³-hybridized carbons (Fsp3) is 0.385. The predicted octanol–water partition coefficient (Wildman–Crippen LogP) is 1.51. The maximum atomic E-state index is 11.8. The van der Waals surface area contributed by atoms with Crippen LogP contribution in [0, 0.1) is 0 Å². The number of carboxylic acid groups (broad SMARTS) is 1. The Labute approximate surface area is 112 Å². The number of carbonyl (C=O) groups excluding carboxylic acids is 1. The minimum atomic E-state index is -1.09. The highest BCUT2D eigenvalue weighted by molar-refractivity contribution is 7.81. The van der Waals surface area contributed by atoms with Gasteiger partial charge >= 0.3 is 5.97 Å². The molecule has 0 aliphatic heterocycles. The van der Waals surface area contributed by atoms with Gasteiger partial charge in [0.25, 0.3) is 0 Å². The summed E-state index contributed by atoms with van der Waals surface area (Å²) in [5, 5.41) is 11.6. The molecule has 0 saturated heterocycles. The standard InChI is InChI=1S/C13H17NO3S/c1-13(2,18)11(12(16)17)14-10(15)8-9-6-4-3-5-7-9/h3-7,11,18H,8H2,1-2H3,(H,14,15)(H,16,17). The molecule has 1 atom stereocenters. The molecular weight excluding hydrogens is 250 g/mol. The van der Waals surface area contributed by atoms with E-state index in [1.54, 1.807) is 13.8 Å². The minimum absolute atomic E-state index is 0.161. The van der Waals surface area contributed by atoms with Crippen LogP contribution in [0.15, 0.2) is 30.3 Å². The van der Waals surface area contributed by atoms with E-state index in [0.717, 1.165) is 5.56 Å². The molecule has 0 heterocycles. The van der Waals surface area contributed by atoms with E-state index in [1.807, 2.05) is 30.3 Å². The summed E-state index contributed by atoms with van der Waals surface area (Å²) in [6.45, 7) is 3.30. The Hall–Kier alpha value is -1.49. The number of carboxylic acids is 1. The lowest BCUT2D eigenvalue weighted by atomic mass is 10.0. The molecule has 1 rings (SSSR count). The quantitative estimate of drug-likeness (QED) is 0.708. The van der Waals surface area contributed by atoms with Crippen LogP contribution in [0.4, 0.5) is 0 Å². The first-order chi connectivity index (χ1) is 8.30. The molecule has 1 amide bonds. The van der Waals surface area contributed by atoms with E-state index in [9.17, 15) is 9.59 Å². The third-order valence-electron chi connectivity index (χ3n) is 2.47.